The van der Waals surface area contributed by atoms with Crippen molar-refractivity contribution >= 4 is 0 Å². The Morgan fingerprint density at radius 1 is 0.656 bits per heavy atom. The van der Waals surface area contributed by atoms with Crippen molar-refractivity contribution in [2.75, 3.05) is 52.9 Å². The van der Waals surface area contributed by atoms with E-state index in [4.69, 9.17) is 29.2 Å². The number of aliphatic hydroxyl groups excluding tert-OH is 4. The number of rotatable bonds is 23. The fourth-order valence-electron chi connectivity index (χ4n) is 3.49. The molecule has 0 radical (unpaired) electrons. The average molecular weight is 467 g/mol. The summed E-state index contributed by atoms with van der Waals surface area (Å²) in [5.74, 6) is 0. The zero-order chi connectivity index (χ0) is 24.3. The van der Waals surface area contributed by atoms with Gasteiger partial charge >= 0.3 is 0 Å². The van der Waals surface area contributed by atoms with E-state index in [-0.39, 0.29) is 37.6 Å². The maximum atomic E-state index is 9.30. The molecule has 0 aliphatic carbocycles. The topological polar surface area (TPSA) is 118 Å². The van der Waals surface area contributed by atoms with E-state index in [9.17, 15) is 10.2 Å². The lowest BCUT2D eigenvalue weighted by atomic mass is 9.91. The van der Waals surface area contributed by atoms with E-state index in [1.807, 2.05) is 0 Å². The van der Waals surface area contributed by atoms with Crippen LogP contribution >= 0.6 is 0 Å². The molecule has 0 fully saturated rings. The van der Waals surface area contributed by atoms with Crippen LogP contribution in [0.5, 0.6) is 0 Å². The molecule has 194 valence electrons. The van der Waals surface area contributed by atoms with E-state index in [0.717, 1.165) is 51.4 Å². The first-order chi connectivity index (χ1) is 15.3. The van der Waals surface area contributed by atoms with Crippen LogP contribution in [0.15, 0.2) is 0 Å². The molecule has 0 aromatic rings. The summed E-state index contributed by atoms with van der Waals surface area (Å²) in [4.78, 5) is 0. The molecule has 0 saturated carbocycles. The molecule has 0 heterocycles. The van der Waals surface area contributed by atoms with Gasteiger partial charge in [-0.2, -0.15) is 0 Å². The van der Waals surface area contributed by atoms with E-state index in [2.05, 4.69) is 27.7 Å². The van der Waals surface area contributed by atoms with E-state index >= 15 is 0 Å². The van der Waals surface area contributed by atoms with Crippen LogP contribution in [-0.4, -0.2) is 96.7 Å². The van der Waals surface area contributed by atoms with E-state index < -0.39 is 12.2 Å². The van der Waals surface area contributed by atoms with Crippen LogP contribution in [0.4, 0.5) is 0 Å². The molecule has 3 unspecified atom stereocenters. The smallest absolute Gasteiger partial charge is 0.100 e. The first kappa shape index (κ1) is 31.7. The molecule has 8 nitrogen and oxygen atoms in total. The average Bonchev–Trinajstić information content (AvgIpc) is 2.82. The van der Waals surface area contributed by atoms with Crippen molar-refractivity contribution in [3.63, 3.8) is 0 Å². The molecule has 0 bridgehead atoms. The van der Waals surface area contributed by atoms with Gasteiger partial charge in [-0.25, -0.2) is 0 Å². The lowest BCUT2D eigenvalue weighted by Crippen LogP contribution is -2.33. The summed E-state index contributed by atoms with van der Waals surface area (Å²) in [6.45, 7) is 10.6. The van der Waals surface area contributed by atoms with Crippen LogP contribution in [0.1, 0.15) is 79.1 Å². The Morgan fingerprint density at radius 3 is 1.66 bits per heavy atom. The largest absolute Gasteiger partial charge is 0.394 e. The Labute approximate surface area is 195 Å². The molecule has 0 spiro atoms. The molecule has 32 heavy (non-hydrogen) atoms. The van der Waals surface area contributed by atoms with Gasteiger partial charge in [0.05, 0.1) is 37.6 Å². The van der Waals surface area contributed by atoms with Gasteiger partial charge in [0, 0.05) is 26.4 Å². The molecule has 0 rings (SSSR count). The Bertz CT molecular complexity index is 419. The normalized spacial score (nSPS) is 16.1. The van der Waals surface area contributed by atoms with Crippen LogP contribution in [0.25, 0.3) is 0 Å². The Morgan fingerprint density at radius 2 is 1.16 bits per heavy atom. The molecule has 3 atom stereocenters. The standard InChI is InChI=1S/C24H50O8/c1-5-23(4,11-8-13-29-19-21(27)17-25)31-15-9-12-24(6-2,7-3)32-16-10-14-30-20-22(28)18-26/h21-22,25-28H,5-20H2,1-4H3. The number of aliphatic hydroxyl groups is 4. The molecule has 0 aromatic carbocycles. The van der Waals surface area contributed by atoms with E-state index in [0.29, 0.717) is 26.4 Å². The van der Waals surface area contributed by atoms with E-state index in [1.54, 1.807) is 0 Å². The minimum atomic E-state index is -0.818. The van der Waals surface area contributed by atoms with E-state index in [1.165, 1.54) is 0 Å². The van der Waals surface area contributed by atoms with Crippen molar-refractivity contribution in [3.8, 4) is 0 Å². The molecule has 0 amide bonds. The van der Waals surface area contributed by atoms with Gasteiger partial charge in [0.2, 0.25) is 0 Å². The van der Waals surface area contributed by atoms with Crippen molar-refractivity contribution in [2.24, 2.45) is 0 Å². The highest BCUT2D eigenvalue weighted by Gasteiger charge is 2.27. The minimum Gasteiger partial charge on any atom is -0.394 e. The van der Waals surface area contributed by atoms with Crippen molar-refractivity contribution < 1.29 is 39.4 Å². The van der Waals surface area contributed by atoms with Gasteiger partial charge in [0.15, 0.2) is 0 Å². The van der Waals surface area contributed by atoms with Gasteiger partial charge in [0.25, 0.3) is 0 Å². The van der Waals surface area contributed by atoms with Gasteiger partial charge in [-0.15, -0.1) is 0 Å². The second-order valence-corrected chi connectivity index (χ2v) is 8.77. The molecule has 8 heteroatoms. The van der Waals surface area contributed by atoms with Crippen molar-refractivity contribution in [1.29, 1.82) is 0 Å². The van der Waals surface area contributed by atoms with Crippen molar-refractivity contribution in [2.45, 2.75) is 102 Å². The van der Waals surface area contributed by atoms with Gasteiger partial charge in [-0.05, 0) is 58.3 Å². The zero-order valence-corrected chi connectivity index (χ0v) is 20.9. The van der Waals surface area contributed by atoms with Crippen LogP contribution in [0.3, 0.4) is 0 Å². The summed E-state index contributed by atoms with van der Waals surface area (Å²) in [6.07, 6.45) is 5.51. The predicted octanol–water partition coefficient (Wildman–Crippen LogP) is 2.44. The second kappa shape index (κ2) is 19.0. The number of hydrogen-bond donors (Lipinski definition) is 4. The van der Waals surface area contributed by atoms with Crippen molar-refractivity contribution in [1.82, 2.24) is 0 Å². The third-order valence-corrected chi connectivity index (χ3v) is 6.14. The highest BCUT2D eigenvalue weighted by atomic mass is 16.5. The van der Waals surface area contributed by atoms with Crippen LogP contribution in [-0.2, 0) is 18.9 Å². The molecular formula is C24H50O8. The third-order valence-electron chi connectivity index (χ3n) is 6.14. The summed E-state index contributed by atoms with van der Waals surface area (Å²) in [5, 5.41) is 36.2. The first-order valence-corrected chi connectivity index (χ1v) is 12.3. The van der Waals surface area contributed by atoms with Crippen molar-refractivity contribution in [3.05, 3.63) is 0 Å². The Kier molecular flexibility index (Phi) is 18.8. The quantitative estimate of drug-likeness (QED) is 0.170. The highest BCUT2D eigenvalue weighted by Crippen LogP contribution is 2.28. The highest BCUT2D eigenvalue weighted by molar-refractivity contribution is 4.79. The summed E-state index contributed by atoms with van der Waals surface area (Å²) >= 11 is 0. The summed E-state index contributed by atoms with van der Waals surface area (Å²) in [6, 6.07) is 0. The second-order valence-electron chi connectivity index (χ2n) is 8.77. The fourth-order valence-corrected chi connectivity index (χ4v) is 3.49. The molecule has 0 aromatic heterocycles. The minimum absolute atomic E-state index is 0.146. The molecular weight excluding hydrogens is 416 g/mol. The maximum Gasteiger partial charge on any atom is 0.100 e. The van der Waals surface area contributed by atoms with Gasteiger partial charge in [-0.3, -0.25) is 0 Å². The number of hydrogen-bond acceptors (Lipinski definition) is 8. The Hall–Kier alpha value is -0.320. The Balaban J connectivity index is 4.17. The maximum absolute atomic E-state index is 9.30. The van der Waals surface area contributed by atoms with Crippen LogP contribution in [0, 0.1) is 0 Å². The summed E-state index contributed by atoms with van der Waals surface area (Å²) in [7, 11) is 0. The fraction of sp³-hybridized carbons (Fsp3) is 1.00. The molecule has 4 N–H and O–H groups in total. The van der Waals surface area contributed by atoms with Gasteiger partial charge in [0.1, 0.15) is 12.2 Å². The third kappa shape index (κ3) is 14.8. The monoisotopic (exact) mass is 466 g/mol. The first-order valence-electron chi connectivity index (χ1n) is 12.3. The SMILES string of the molecule is CCC(C)(CCCOCC(O)CO)OCCCC(CC)(CC)OCCCOCC(O)CO. The lowest BCUT2D eigenvalue weighted by Gasteiger charge is -2.33. The molecule has 0 aliphatic heterocycles. The number of ether oxygens (including phenoxy) is 4. The van der Waals surface area contributed by atoms with Crippen LogP contribution in [0.2, 0.25) is 0 Å². The molecule has 0 saturated heterocycles. The summed E-state index contributed by atoms with van der Waals surface area (Å²) in [5.41, 5.74) is -0.352. The van der Waals surface area contributed by atoms with Gasteiger partial charge < -0.3 is 39.4 Å². The summed E-state index contributed by atoms with van der Waals surface area (Å²) < 4.78 is 23.2. The van der Waals surface area contributed by atoms with Crippen LogP contribution < -0.4 is 0 Å². The predicted molar refractivity (Wildman–Crippen MR) is 125 cm³/mol. The zero-order valence-electron chi connectivity index (χ0n) is 20.9. The molecule has 0 aliphatic rings. The van der Waals surface area contributed by atoms with Gasteiger partial charge in [-0.1, -0.05) is 20.8 Å². The lowest BCUT2D eigenvalue weighted by molar-refractivity contribution is -0.0828.